The van der Waals surface area contributed by atoms with Crippen LogP contribution in [0, 0.1) is 0 Å². The van der Waals surface area contributed by atoms with Crippen molar-refractivity contribution in [1.82, 2.24) is 0 Å². The molecule has 0 aromatic heterocycles. The first-order valence-corrected chi connectivity index (χ1v) is 8.01. The summed E-state index contributed by atoms with van der Waals surface area (Å²) >= 11 is 0. The van der Waals surface area contributed by atoms with Crippen LogP contribution in [-0.2, 0) is 46.7 Å². The molecule has 0 saturated heterocycles. The molecule has 31 heavy (non-hydrogen) atoms. The van der Waals surface area contributed by atoms with E-state index in [1.807, 2.05) is 0 Å². The van der Waals surface area contributed by atoms with Gasteiger partial charge >= 0.3 is 103 Å². The van der Waals surface area contributed by atoms with Gasteiger partial charge < -0.3 is 37.3 Å². The Morgan fingerprint density at radius 1 is 0.581 bits per heavy atom. The van der Waals surface area contributed by atoms with Crippen molar-refractivity contribution in [3.63, 3.8) is 0 Å². The summed E-state index contributed by atoms with van der Waals surface area (Å²) in [4.78, 5) is 16.8. The summed E-state index contributed by atoms with van der Waals surface area (Å²) in [7, 11) is 0. The van der Waals surface area contributed by atoms with Crippen molar-refractivity contribution >= 4 is 12.8 Å². The minimum atomic E-state index is 0. The minimum Gasteiger partial charge on any atom is -0.870 e. The van der Waals surface area contributed by atoms with Crippen LogP contribution >= 0.6 is 0 Å². The van der Waals surface area contributed by atoms with E-state index in [9.17, 15) is 0 Å². The molecule has 0 bridgehead atoms. The van der Waals surface area contributed by atoms with E-state index in [-0.39, 0.29) is 189 Å². The molecule has 0 heterocycles. The molecular weight excluding hydrogens is 524 g/mol. The van der Waals surface area contributed by atoms with Gasteiger partial charge in [-0.3, -0.25) is 6.29 Å². The quantitative estimate of drug-likeness (QED) is 0.285. The van der Waals surface area contributed by atoms with Crippen molar-refractivity contribution in [1.29, 1.82) is 0 Å². The zero-order valence-corrected chi connectivity index (χ0v) is 30.5. The first kappa shape index (κ1) is 70.1. The summed E-state index contributed by atoms with van der Waals surface area (Å²) in [5.74, 6) is 0. The number of hydrogen-bond donors (Lipinski definition) is 0. The topological polar surface area (TPSA) is 115 Å². The molecule has 0 rings (SSSR count). The van der Waals surface area contributed by atoms with Crippen LogP contribution in [-0.4, -0.2) is 40.4 Å². The largest absolute Gasteiger partial charge is 1.00 e. The monoisotopic (exact) mass is 572 g/mol. The van der Waals surface area contributed by atoms with Gasteiger partial charge in [0, 0.05) is 37.1 Å². The van der Waals surface area contributed by atoms with Crippen LogP contribution in [0.3, 0.4) is 0 Å². The molecule has 0 aliphatic carbocycles. The zero-order valence-electron chi connectivity index (χ0n) is 21.5. The molecule has 0 aliphatic rings. The van der Waals surface area contributed by atoms with Gasteiger partial charge in [-0.15, -0.1) is 22.2 Å². The second kappa shape index (κ2) is 35.6. The number of nitrogens with zero attached hydrogens (tertiary/aromatic N) is 2. The Morgan fingerprint density at radius 3 is 0.645 bits per heavy atom. The SMILES string of the molecule is C.C.CC(C)(C)[N-]C(C)(C)C.CC(C)(C)[N-]C(C)(C)C.C[C-]=O.O=[C-][O-].[K+].[K+].[OH-].[V].[V]. The maximum Gasteiger partial charge on any atom is 1.00 e. The van der Waals surface area contributed by atoms with Crippen LogP contribution in [0.2, 0.25) is 0 Å². The number of carbonyl (C=O) groups excluding carboxylic acids is 2. The smallest absolute Gasteiger partial charge is 0.870 e. The molecule has 0 atom stereocenters. The minimum absolute atomic E-state index is 0. The molecule has 1 N–H and O–H groups in total. The Balaban J connectivity index is -0.0000000193. The fourth-order valence-electron chi connectivity index (χ4n) is 2.01. The third-order valence-corrected chi connectivity index (χ3v) is 1.34. The van der Waals surface area contributed by atoms with E-state index < -0.39 is 0 Å². The van der Waals surface area contributed by atoms with Crippen molar-refractivity contribution in [3.05, 3.63) is 10.6 Å². The van der Waals surface area contributed by atoms with Crippen molar-refractivity contribution in [2.45, 2.75) is 127 Å². The predicted molar refractivity (Wildman–Crippen MR) is 118 cm³/mol. The summed E-state index contributed by atoms with van der Waals surface area (Å²) in [5.41, 5.74) is 0.438. The maximum absolute atomic E-state index is 8.68. The first-order valence-electron chi connectivity index (χ1n) is 8.01. The van der Waals surface area contributed by atoms with Gasteiger partial charge in [-0.1, -0.05) is 97.9 Å². The van der Waals surface area contributed by atoms with Gasteiger partial charge in [-0.05, 0) is 0 Å². The standard InChI is InChI=1S/2C8H18N.C2H3O.CO2.2CH4.2K.H2O.2V/c2*1-7(2,3)9-8(4,5)6;1-2-3;2-1-3;;;;;;;/h2*1-6H3;1H3;;2*1H4;;;1H2;;/q3*-1;-2;;;2*+1;;;/p-1. The van der Waals surface area contributed by atoms with E-state index in [1.165, 1.54) is 13.2 Å². The molecule has 0 unspecified atom stereocenters. The Hall–Kier alpha value is 3.46. The molecule has 2 radical (unpaired) electrons. The fourth-order valence-corrected chi connectivity index (χ4v) is 2.01. The molecule has 0 saturated carbocycles. The molecule has 0 aromatic rings. The van der Waals surface area contributed by atoms with Crippen LogP contribution in [0.15, 0.2) is 0 Å². The van der Waals surface area contributed by atoms with Crippen LogP contribution in [0.1, 0.15) is 105 Å². The predicted octanol–water partition coefficient (Wildman–Crippen LogP) is -0.594. The normalized spacial score (nSPS) is 8.94. The number of rotatable bonds is 0. The average molecular weight is 573 g/mol. The van der Waals surface area contributed by atoms with Crippen molar-refractivity contribution in [3.8, 4) is 0 Å². The van der Waals surface area contributed by atoms with Crippen LogP contribution in [0.5, 0.6) is 0 Å². The first-order chi connectivity index (χ1) is 10.2. The molecule has 0 aromatic carbocycles. The summed E-state index contributed by atoms with van der Waals surface area (Å²) < 4.78 is 0. The van der Waals surface area contributed by atoms with E-state index in [0.29, 0.717) is 0 Å². The van der Waals surface area contributed by atoms with Gasteiger partial charge in [0.1, 0.15) is 0 Å². The third kappa shape index (κ3) is 139. The molecule has 0 amide bonds. The molecule has 6 nitrogen and oxygen atoms in total. The number of hydrogen-bond acceptors (Lipinski definition) is 4. The summed E-state index contributed by atoms with van der Waals surface area (Å²) in [6.07, 6.45) is 1.50. The molecule has 10 heteroatoms. The van der Waals surface area contributed by atoms with Crippen molar-refractivity contribution < 1.29 is 160 Å². The Bertz CT molecular complexity index is 269. The van der Waals surface area contributed by atoms with Gasteiger partial charge in [-0.2, -0.15) is 6.92 Å². The molecular formula is C21H48K2N2O4V2-4. The second-order valence-electron chi connectivity index (χ2n) is 9.19. The van der Waals surface area contributed by atoms with E-state index in [2.05, 4.69) is 93.7 Å². The van der Waals surface area contributed by atoms with Gasteiger partial charge in [0.2, 0.25) is 0 Å². The second-order valence-corrected chi connectivity index (χ2v) is 9.19. The Morgan fingerprint density at radius 2 is 0.645 bits per heavy atom. The van der Waals surface area contributed by atoms with Gasteiger partial charge in [-0.25, -0.2) is 0 Å². The van der Waals surface area contributed by atoms with Crippen molar-refractivity contribution in [2.24, 2.45) is 0 Å². The van der Waals surface area contributed by atoms with Crippen LogP contribution in [0.4, 0.5) is 0 Å². The van der Waals surface area contributed by atoms with Crippen LogP contribution < -0.4 is 108 Å². The van der Waals surface area contributed by atoms with E-state index in [1.54, 1.807) is 0 Å². The molecule has 0 spiro atoms. The van der Waals surface area contributed by atoms with E-state index >= 15 is 0 Å². The average Bonchev–Trinajstić information content (AvgIpc) is 2.06. The summed E-state index contributed by atoms with van der Waals surface area (Å²) in [6, 6.07) is 0. The van der Waals surface area contributed by atoms with Gasteiger partial charge in [0.15, 0.2) is 0 Å². The fraction of sp³-hybridized carbons (Fsp3) is 0.905. The molecule has 182 valence electrons. The van der Waals surface area contributed by atoms with E-state index in [4.69, 9.17) is 14.7 Å². The van der Waals surface area contributed by atoms with Gasteiger partial charge in [0.25, 0.3) is 0 Å². The van der Waals surface area contributed by atoms with Gasteiger partial charge in [0.05, 0.1) is 0 Å². The third-order valence-electron chi connectivity index (χ3n) is 1.34. The molecule has 0 fully saturated rings. The maximum atomic E-state index is 8.68. The summed E-state index contributed by atoms with van der Waals surface area (Å²) in [5, 5.41) is 17.2. The van der Waals surface area contributed by atoms with Crippen LogP contribution in [0.25, 0.3) is 10.6 Å². The summed E-state index contributed by atoms with van der Waals surface area (Å²) in [6.45, 7) is 27.0. The van der Waals surface area contributed by atoms with Crippen molar-refractivity contribution in [2.75, 3.05) is 0 Å². The Kier molecular flexibility index (Phi) is 80.6. The molecule has 0 aliphatic heterocycles. The van der Waals surface area contributed by atoms with E-state index in [0.717, 1.165) is 0 Å². The Labute approximate surface area is 305 Å². The zero-order chi connectivity index (χ0) is 20.8.